The molecule has 1 N–H and O–H groups in total. The second-order valence-corrected chi connectivity index (χ2v) is 7.10. The summed E-state index contributed by atoms with van der Waals surface area (Å²) in [5.74, 6) is 1.32. The fourth-order valence-corrected chi connectivity index (χ4v) is 3.13. The highest BCUT2D eigenvalue weighted by molar-refractivity contribution is 5.53. The summed E-state index contributed by atoms with van der Waals surface area (Å²) >= 11 is 0. The van der Waals surface area contributed by atoms with Crippen molar-refractivity contribution >= 4 is 11.4 Å². The van der Waals surface area contributed by atoms with E-state index in [9.17, 15) is 10.1 Å². The van der Waals surface area contributed by atoms with Gasteiger partial charge in [-0.2, -0.15) is 0 Å². The van der Waals surface area contributed by atoms with Crippen LogP contribution in [0.4, 0.5) is 11.4 Å². The van der Waals surface area contributed by atoms with Crippen molar-refractivity contribution in [3.63, 3.8) is 0 Å². The fourth-order valence-electron chi connectivity index (χ4n) is 3.13. The Morgan fingerprint density at radius 2 is 1.63 bits per heavy atom. The van der Waals surface area contributed by atoms with Gasteiger partial charge in [0.25, 0.3) is 5.69 Å². The van der Waals surface area contributed by atoms with Gasteiger partial charge in [-0.05, 0) is 67.8 Å². The molecular formula is C24H26N2O4. The molecule has 0 aliphatic heterocycles. The van der Waals surface area contributed by atoms with E-state index in [1.807, 2.05) is 25.1 Å². The van der Waals surface area contributed by atoms with Crippen LogP contribution in [0.15, 0.2) is 60.7 Å². The van der Waals surface area contributed by atoms with Crippen molar-refractivity contribution in [3.8, 4) is 11.5 Å². The predicted octanol–water partition coefficient (Wildman–Crippen LogP) is 5.80. The first kappa shape index (κ1) is 21.2. The minimum absolute atomic E-state index is 0.0643. The van der Waals surface area contributed by atoms with Crippen LogP contribution in [0.5, 0.6) is 11.5 Å². The smallest absolute Gasteiger partial charge is 0.269 e. The van der Waals surface area contributed by atoms with Crippen LogP contribution in [-0.4, -0.2) is 11.5 Å². The van der Waals surface area contributed by atoms with Crippen LogP contribution in [0.2, 0.25) is 0 Å². The van der Waals surface area contributed by atoms with Crippen LogP contribution in [-0.2, 0) is 13.2 Å². The van der Waals surface area contributed by atoms with Crippen molar-refractivity contribution in [1.82, 2.24) is 0 Å². The van der Waals surface area contributed by atoms with Gasteiger partial charge in [0.15, 0.2) is 11.5 Å². The predicted molar refractivity (Wildman–Crippen MR) is 118 cm³/mol. The molecule has 3 rings (SSSR count). The van der Waals surface area contributed by atoms with Crippen molar-refractivity contribution in [1.29, 1.82) is 0 Å². The van der Waals surface area contributed by atoms with Crippen molar-refractivity contribution in [2.24, 2.45) is 0 Å². The van der Waals surface area contributed by atoms with Crippen LogP contribution in [0.1, 0.15) is 29.2 Å². The second kappa shape index (κ2) is 9.78. The van der Waals surface area contributed by atoms with Crippen LogP contribution < -0.4 is 14.8 Å². The van der Waals surface area contributed by atoms with Crippen molar-refractivity contribution in [2.75, 3.05) is 11.9 Å². The Morgan fingerprint density at radius 3 is 2.30 bits per heavy atom. The summed E-state index contributed by atoms with van der Waals surface area (Å²) < 4.78 is 11.7. The van der Waals surface area contributed by atoms with Crippen molar-refractivity contribution < 1.29 is 14.4 Å². The molecule has 0 fully saturated rings. The lowest BCUT2D eigenvalue weighted by Gasteiger charge is -2.15. The zero-order valence-corrected chi connectivity index (χ0v) is 17.5. The molecule has 0 saturated heterocycles. The van der Waals surface area contributed by atoms with E-state index in [-0.39, 0.29) is 5.69 Å². The molecule has 30 heavy (non-hydrogen) atoms. The first-order valence-corrected chi connectivity index (χ1v) is 9.89. The SMILES string of the molecule is CCOc1cc(CNc2ccc(C)cc2C)ccc1OCc1ccc([N+](=O)[O-])cc1. The number of nitro benzene ring substituents is 1. The highest BCUT2D eigenvalue weighted by Gasteiger charge is 2.09. The largest absolute Gasteiger partial charge is 0.490 e. The third-order valence-corrected chi connectivity index (χ3v) is 4.71. The van der Waals surface area contributed by atoms with Crippen LogP contribution >= 0.6 is 0 Å². The Hall–Kier alpha value is -3.54. The molecule has 3 aromatic rings. The quantitative estimate of drug-likeness (QED) is 0.359. The van der Waals surface area contributed by atoms with Gasteiger partial charge >= 0.3 is 0 Å². The number of ether oxygens (including phenoxy) is 2. The molecule has 0 heterocycles. The molecule has 6 nitrogen and oxygen atoms in total. The minimum atomic E-state index is -0.414. The van der Waals surface area contributed by atoms with Gasteiger partial charge in [-0.1, -0.05) is 23.8 Å². The molecule has 0 aromatic heterocycles. The standard InChI is InChI=1S/C24H26N2O4/c1-4-29-24-14-20(15-25-22-11-5-17(2)13-18(22)3)8-12-23(24)30-16-19-6-9-21(10-7-19)26(27)28/h5-14,25H,4,15-16H2,1-3H3. The Labute approximate surface area is 176 Å². The number of hydrogen-bond donors (Lipinski definition) is 1. The minimum Gasteiger partial charge on any atom is -0.490 e. The van der Waals surface area contributed by atoms with E-state index in [2.05, 4.69) is 37.4 Å². The van der Waals surface area contributed by atoms with Crippen molar-refractivity contribution in [2.45, 2.75) is 33.9 Å². The summed E-state index contributed by atoms with van der Waals surface area (Å²) in [5, 5.41) is 14.2. The number of hydrogen-bond acceptors (Lipinski definition) is 5. The first-order valence-electron chi connectivity index (χ1n) is 9.89. The summed E-state index contributed by atoms with van der Waals surface area (Å²) in [6, 6.07) is 18.6. The second-order valence-electron chi connectivity index (χ2n) is 7.10. The van der Waals surface area contributed by atoms with Gasteiger partial charge in [-0.15, -0.1) is 0 Å². The average molecular weight is 406 g/mol. The average Bonchev–Trinajstić information content (AvgIpc) is 2.73. The third kappa shape index (κ3) is 5.50. The van der Waals surface area contributed by atoms with Gasteiger partial charge in [0.2, 0.25) is 0 Å². The number of aryl methyl sites for hydroxylation is 2. The fraction of sp³-hybridized carbons (Fsp3) is 0.250. The number of nitrogens with one attached hydrogen (secondary N) is 1. The van der Waals surface area contributed by atoms with Gasteiger partial charge in [0.05, 0.1) is 11.5 Å². The maximum absolute atomic E-state index is 10.8. The van der Waals surface area contributed by atoms with E-state index in [1.54, 1.807) is 12.1 Å². The molecule has 156 valence electrons. The molecular weight excluding hydrogens is 380 g/mol. The molecule has 0 unspecified atom stereocenters. The Kier molecular flexibility index (Phi) is 6.91. The molecule has 0 saturated carbocycles. The third-order valence-electron chi connectivity index (χ3n) is 4.71. The Bertz CT molecular complexity index is 1020. The molecule has 0 bridgehead atoms. The zero-order valence-electron chi connectivity index (χ0n) is 17.5. The van der Waals surface area contributed by atoms with E-state index in [0.29, 0.717) is 31.3 Å². The lowest BCUT2D eigenvalue weighted by atomic mass is 10.1. The van der Waals surface area contributed by atoms with Gasteiger partial charge in [-0.3, -0.25) is 10.1 Å². The van der Waals surface area contributed by atoms with E-state index in [4.69, 9.17) is 9.47 Å². The highest BCUT2D eigenvalue weighted by atomic mass is 16.6. The van der Waals surface area contributed by atoms with Crippen molar-refractivity contribution in [3.05, 3.63) is 93.0 Å². The molecule has 3 aromatic carbocycles. The van der Waals surface area contributed by atoms with Gasteiger partial charge in [0.1, 0.15) is 6.61 Å². The van der Waals surface area contributed by atoms with Crippen LogP contribution in [0.25, 0.3) is 0 Å². The van der Waals surface area contributed by atoms with Gasteiger partial charge in [0, 0.05) is 24.4 Å². The maximum atomic E-state index is 10.8. The number of nitrogens with zero attached hydrogens (tertiary/aromatic N) is 1. The first-order chi connectivity index (χ1) is 14.5. The summed E-state index contributed by atoms with van der Waals surface area (Å²) in [6.45, 7) is 7.62. The lowest BCUT2D eigenvalue weighted by molar-refractivity contribution is -0.384. The number of anilines is 1. The normalized spacial score (nSPS) is 10.5. The maximum Gasteiger partial charge on any atom is 0.269 e. The van der Waals surface area contributed by atoms with E-state index in [1.165, 1.54) is 23.3 Å². The zero-order chi connectivity index (χ0) is 21.5. The molecule has 0 aliphatic carbocycles. The van der Waals surface area contributed by atoms with Crippen LogP contribution in [0.3, 0.4) is 0 Å². The Balaban J connectivity index is 1.67. The molecule has 0 aliphatic rings. The monoisotopic (exact) mass is 406 g/mol. The molecule has 0 spiro atoms. The van der Waals surface area contributed by atoms with Gasteiger partial charge in [-0.25, -0.2) is 0 Å². The number of benzene rings is 3. The number of rotatable bonds is 9. The summed E-state index contributed by atoms with van der Waals surface area (Å²) in [4.78, 5) is 10.4. The summed E-state index contributed by atoms with van der Waals surface area (Å²) in [5.41, 5.74) is 5.56. The summed E-state index contributed by atoms with van der Waals surface area (Å²) in [7, 11) is 0. The number of non-ortho nitro benzene ring substituents is 1. The van der Waals surface area contributed by atoms with E-state index < -0.39 is 4.92 Å². The number of nitro groups is 1. The molecule has 0 amide bonds. The van der Waals surface area contributed by atoms with Gasteiger partial charge < -0.3 is 14.8 Å². The van der Waals surface area contributed by atoms with E-state index in [0.717, 1.165) is 16.8 Å². The molecule has 6 heteroatoms. The highest BCUT2D eigenvalue weighted by Crippen LogP contribution is 2.30. The summed E-state index contributed by atoms with van der Waals surface area (Å²) in [6.07, 6.45) is 0. The Morgan fingerprint density at radius 1 is 0.900 bits per heavy atom. The molecule has 0 atom stereocenters. The van der Waals surface area contributed by atoms with Crippen LogP contribution in [0, 0.1) is 24.0 Å². The lowest BCUT2D eigenvalue weighted by Crippen LogP contribution is -2.04. The topological polar surface area (TPSA) is 73.6 Å². The van der Waals surface area contributed by atoms with E-state index >= 15 is 0 Å². The molecule has 0 radical (unpaired) electrons.